The van der Waals surface area contributed by atoms with Gasteiger partial charge in [0.15, 0.2) is 0 Å². The summed E-state index contributed by atoms with van der Waals surface area (Å²) in [6.45, 7) is 4.25. The van der Waals surface area contributed by atoms with Crippen LogP contribution in [0.15, 0.2) is 0 Å². The predicted octanol–water partition coefficient (Wildman–Crippen LogP) is 0.601. The second-order valence-corrected chi connectivity index (χ2v) is 5.61. The van der Waals surface area contributed by atoms with Crippen molar-refractivity contribution in [2.24, 2.45) is 11.8 Å². The standard InChI is InChI=1S/C14H23NO4/c1-2-19-14(18)6-4-11(16)8-15-7-10-3-5-13(17)12(10)9-15/h10,12-13,17H,2-9H2,1H3. The number of ketones is 1. The lowest BCUT2D eigenvalue weighted by Gasteiger charge is -2.16. The Hall–Kier alpha value is -0.940. The van der Waals surface area contributed by atoms with Crippen LogP contribution in [0.25, 0.3) is 0 Å². The largest absolute Gasteiger partial charge is 0.466 e. The number of hydrogen-bond donors (Lipinski definition) is 1. The van der Waals surface area contributed by atoms with E-state index in [1.54, 1.807) is 6.92 Å². The van der Waals surface area contributed by atoms with Crippen LogP contribution in [0.1, 0.15) is 32.6 Å². The van der Waals surface area contributed by atoms with Crippen molar-refractivity contribution < 1.29 is 19.4 Å². The number of hydrogen-bond acceptors (Lipinski definition) is 5. The molecule has 0 radical (unpaired) electrons. The normalized spacial score (nSPS) is 30.3. The first-order valence-corrected chi connectivity index (χ1v) is 7.18. The van der Waals surface area contributed by atoms with Gasteiger partial charge < -0.3 is 9.84 Å². The van der Waals surface area contributed by atoms with E-state index in [2.05, 4.69) is 4.90 Å². The third-order valence-corrected chi connectivity index (χ3v) is 4.21. The summed E-state index contributed by atoms with van der Waals surface area (Å²) < 4.78 is 4.80. The minimum absolute atomic E-state index is 0.0857. The van der Waals surface area contributed by atoms with Gasteiger partial charge in [0.1, 0.15) is 5.78 Å². The fraction of sp³-hybridized carbons (Fsp3) is 0.857. The molecule has 0 aromatic carbocycles. The number of nitrogens with zero attached hydrogens (tertiary/aromatic N) is 1. The molecule has 1 saturated carbocycles. The molecule has 2 aliphatic rings. The van der Waals surface area contributed by atoms with Crippen LogP contribution in [0.2, 0.25) is 0 Å². The number of likely N-dealkylation sites (tertiary alicyclic amines) is 1. The summed E-state index contributed by atoms with van der Waals surface area (Å²) >= 11 is 0. The fourth-order valence-corrected chi connectivity index (χ4v) is 3.26. The van der Waals surface area contributed by atoms with E-state index in [0.717, 1.165) is 25.9 Å². The Balaban J connectivity index is 1.68. The van der Waals surface area contributed by atoms with Crippen molar-refractivity contribution in [2.75, 3.05) is 26.2 Å². The number of aliphatic hydroxyl groups is 1. The zero-order chi connectivity index (χ0) is 13.8. The number of rotatable bonds is 6. The van der Waals surface area contributed by atoms with Gasteiger partial charge in [-0.2, -0.15) is 0 Å². The van der Waals surface area contributed by atoms with Crippen LogP contribution >= 0.6 is 0 Å². The molecule has 2 rings (SSSR count). The van der Waals surface area contributed by atoms with Crippen molar-refractivity contribution in [1.82, 2.24) is 4.90 Å². The van der Waals surface area contributed by atoms with Crippen molar-refractivity contribution in [3.63, 3.8) is 0 Å². The SMILES string of the molecule is CCOC(=O)CCC(=O)CN1CC2CCC(O)C2C1. The highest BCUT2D eigenvalue weighted by Crippen LogP contribution is 2.37. The lowest BCUT2D eigenvalue weighted by Crippen LogP contribution is -2.30. The number of carbonyl (C=O) groups excluding carboxylic acids is 2. The summed E-state index contributed by atoms with van der Waals surface area (Å²) in [7, 11) is 0. The first-order valence-electron chi connectivity index (χ1n) is 7.18. The molecule has 3 unspecified atom stereocenters. The molecule has 0 spiro atoms. The van der Waals surface area contributed by atoms with E-state index >= 15 is 0 Å². The summed E-state index contributed by atoms with van der Waals surface area (Å²) in [4.78, 5) is 25.1. The summed E-state index contributed by atoms with van der Waals surface area (Å²) in [6, 6.07) is 0. The second-order valence-electron chi connectivity index (χ2n) is 5.61. The van der Waals surface area contributed by atoms with Crippen LogP contribution in [0.5, 0.6) is 0 Å². The van der Waals surface area contributed by atoms with Gasteiger partial charge in [-0.15, -0.1) is 0 Å². The molecule has 5 nitrogen and oxygen atoms in total. The van der Waals surface area contributed by atoms with Crippen LogP contribution in [0, 0.1) is 11.8 Å². The Bertz CT molecular complexity index is 344. The van der Waals surface area contributed by atoms with Crippen LogP contribution < -0.4 is 0 Å². The van der Waals surface area contributed by atoms with Gasteiger partial charge in [0.05, 0.1) is 25.7 Å². The molecular formula is C14H23NO4. The Morgan fingerprint density at radius 1 is 1.26 bits per heavy atom. The Kier molecular flexibility index (Phi) is 4.93. The molecule has 1 aliphatic heterocycles. The molecule has 1 aliphatic carbocycles. The highest BCUT2D eigenvalue weighted by molar-refractivity contribution is 5.84. The average molecular weight is 269 g/mol. The third-order valence-electron chi connectivity index (χ3n) is 4.21. The van der Waals surface area contributed by atoms with Crippen molar-refractivity contribution in [2.45, 2.75) is 38.7 Å². The van der Waals surface area contributed by atoms with E-state index in [0.29, 0.717) is 25.0 Å². The molecule has 5 heteroatoms. The Morgan fingerprint density at radius 2 is 2.05 bits per heavy atom. The third kappa shape index (κ3) is 3.76. The maximum atomic E-state index is 11.8. The molecule has 3 atom stereocenters. The van der Waals surface area contributed by atoms with E-state index in [4.69, 9.17) is 4.74 Å². The molecule has 0 aromatic heterocycles. The molecule has 1 saturated heterocycles. The lowest BCUT2D eigenvalue weighted by molar-refractivity contribution is -0.144. The molecule has 2 fully saturated rings. The highest BCUT2D eigenvalue weighted by atomic mass is 16.5. The number of esters is 1. The summed E-state index contributed by atoms with van der Waals surface area (Å²) in [6.07, 6.45) is 2.22. The van der Waals surface area contributed by atoms with Crippen molar-refractivity contribution in [3.8, 4) is 0 Å². The van der Waals surface area contributed by atoms with E-state index in [-0.39, 0.29) is 30.7 Å². The molecule has 0 amide bonds. The molecule has 19 heavy (non-hydrogen) atoms. The van der Waals surface area contributed by atoms with Crippen LogP contribution in [0.3, 0.4) is 0 Å². The van der Waals surface area contributed by atoms with Gasteiger partial charge >= 0.3 is 5.97 Å². The van der Waals surface area contributed by atoms with E-state index < -0.39 is 0 Å². The van der Waals surface area contributed by atoms with Crippen LogP contribution in [0.4, 0.5) is 0 Å². The van der Waals surface area contributed by atoms with Crippen molar-refractivity contribution >= 4 is 11.8 Å². The van der Waals surface area contributed by atoms with Gasteiger partial charge in [0.2, 0.25) is 0 Å². The number of carbonyl (C=O) groups is 2. The zero-order valence-electron chi connectivity index (χ0n) is 11.5. The second kappa shape index (κ2) is 6.48. The Morgan fingerprint density at radius 3 is 2.74 bits per heavy atom. The number of aliphatic hydroxyl groups excluding tert-OH is 1. The van der Waals surface area contributed by atoms with Crippen LogP contribution in [-0.4, -0.2) is 54.1 Å². The molecular weight excluding hydrogens is 246 g/mol. The lowest BCUT2D eigenvalue weighted by atomic mass is 10.00. The van der Waals surface area contributed by atoms with Crippen molar-refractivity contribution in [1.29, 1.82) is 0 Å². The van der Waals surface area contributed by atoms with Gasteiger partial charge in [-0.05, 0) is 25.7 Å². The van der Waals surface area contributed by atoms with Crippen molar-refractivity contribution in [3.05, 3.63) is 0 Å². The zero-order valence-corrected chi connectivity index (χ0v) is 11.5. The molecule has 0 aromatic rings. The predicted molar refractivity (Wildman–Crippen MR) is 69.5 cm³/mol. The quantitative estimate of drug-likeness (QED) is 0.715. The average Bonchev–Trinajstić information content (AvgIpc) is 2.90. The van der Waals surface area contributed by atoms with Gasteiger partial charge in [-0.25, -0.2) is 0 Å². The summed E-state index contributed by atoms with van der Waals surface area (Å²) in [5.41, 5.74) is 0. The number of fused-ring (bicyclic) bond motifs is 1. The topological polar surface area (TPSA) is 66.8 Å². The van der Waals surface area contributed by atoms with E-state index in [9.17, 15) is 14.7 Å². The first kappa shape index (κ1) is 14.5. The summed E-state index contributed by atoms with van der Waals surface area (Å²) in [5, 5.41) is 9.81. The number of ether oxygens (including phenoxy) is 1. The first-order chi connectivity index (χ1) is 9.10. The molecule has 1 N–H and O–H groups in total. The van der Waals surface area contributed by atoms with Gasteiger partial charge in [0.25, 0.3) is 0 Å². The Labute approximate surface area is 113 Å². The monoisotopic (exact) mass is 269 g/mol. The van der Waals surface area contributed by atoms with Gasteiger partial charge in [0, 0.05) is 25.4 Å². The number of Topliss-reactive ketones (excluding diaryl/α,β-unsaturated/α-hetero) is 1. The maximum Gasteiger partial charge on any atom is 0.306 e. The molecule has 0 bridgehead atoms. The molecule has 1 heterocycles. The van der Waals surface area contributed by atoms with Crippen LogP contribution in [-0.2, 0) is 14.3 Å². The maximum absolute atomic E-state index is 11.8. The van der Waals surface area contributed by atoms with E-state index in [1.807, 2.05) is 0 Å². The van der Waals surface area contributed by atoms with Gasteiger partial charge in [-0.3, -0.25) is 14.5 Å². The summed E-state index contributed by atoms with van der Waals surface area (Å²) in [5.74, 6) is 0.679. The van der Waals surface area contributed by atoms with E-state index in [1.165, 1.54) is 0 Å². The minimum Gasteiger partial charge on any atom is -0.466 e. The fourth-order valence-electron chi connectivity index (χ4n) is 3.26. The minimum atomic E-state index is -0.301. The van der Waals surface area contributed by atoms with Gasteiger partial charge in [-0.1, -0.05) is 0 Å². The smallest absolute Gasteiger partial charge is 0.306 e. The molecule has 108 valence electrons. The highest BCUT2D eigenvalue weighted by Gasteiger charge is 2.41.